The molecule has 15 heavy (non-hydrogen) atoms. The topological polar surface area (TPSA) is 46.5 Å². The molecule has 0 amide bonds. The number of carbonyl (C=O) groups is 1. The summed E-state index contributed by atoms with van der Waals surface area (Å²) in [6, 6.07) is 1.93. The van der Waals surface area contributed by atoms with Crippen molar-refractivity contribution in [3.63, 3.8) is 0 Å². The summed E-state index contributed by atoms with van der Waals surface area (Å²) in [7, 11) is 0. The first-order chi connectivity index (χ1) is 7.18. The van der Waals surface area contributed by atoms with Crippen LogP contribution >= 0.6 is 27.3 Å². The lowest BCUT2D eigenvalue weighted by Crippen LogP contribution is -2.15. The maximum absolute atomic E-state index is 11.0. The van der Waals surface area contributed by atoms with E-state index in [0.29, 0.717) is 10.8 Å². The second-order valence-electron chi connectivity index (χ2n) is 3.53. The Morgan fingerprint density at radius 2 is 2.20 bits per heavy atom. The van der Waals surface area contributed by atoms with Crippen LogP contribution in [0.1, 0.15) is 34.0 Å². The van der Waals surface area contributed by atoms with Crippen molar-refractivity contribution < 1.29 is 14.6 Å². The number of halogens is 1. The fourth-order valence-corrected chi connectivity index (χ4v) is 3.40. The lowest BCUT2D eigenvalue weighted by atomic mass is 9.92. The smallest absolute Gasteiger partial charge is 0.346 e. The van der Waals surface area contributed by atoms with Crippen molar-refractivity contribution in [1.82, 2.24) is 0 Å². The van der Waals surface area contributed by atoms with Gasteiger partial charge in [0.05, 0.1) is 3.79 Å². The van der Waals surface area contributed by atoms with Gasteiger partial charge in [0.1, 0.15) is 4.88 Å². The van der Waals surface area contributed by atoms with Gasteiger partial charge in [-0.25, -0.2) is 4.79 Å². The van der Waals surface area contributed by atoms with E-state index in [1.165, 1.54) is 11.3 Å². The van der Waals surface area contributed by atoms with Gasteiger partial charge in [-0.2, -0.15) is 0 Å². The third-order valence-electron chi connectivity index (χ3n) is 2.59. The molecule has 0 aliphatic carbocycles. The highest BCUT2D eigenvalue weighted by Crippen LogP contribution is 2.36. The highest BCUT2D eigenvalue weighted by molar-refractivity contribution is 9.11. The monoisotopic (exact) mass is 290 g/mol. The van der Waals surface area contributed by atoms with Crippen LogP contribution in [0.3, 0.4) is 0 Å². The first-order valence-corrected chi connectivity index (χ1v) is 6.39. The molecular formula is C10H11BrO3S. The minimum atomic E-state index is -0.827. The van der Waals surface area contributed by atoms with Crippen molar-refractivity contribution in [3.05, 3.63) is 20.3 Å². The van der Waals surface area contributed by atoms with E-state index in [0.717, 1.165) is 35.4 Å². The Bertz CT molecular complexity index is 369. The molecule has 1 N–H and O–H groups in total. The maximum atomic E-state index is 11.0. The van der Waals surface area contributed by atoms with Crippen LogP contribution in [0.5, 0.6) is 0 Å². The van der Waals surface area contributed by atoms with Gasteiger partial charge in [-0.15, -0.1) is 11.3 Å². The molecule has 1 aromatic heterocycles. The average molecular weight is 291 g/mol. The third-order valence-corrected chi connectivity index (χ3v) is 4.23. The van der Waals surface area contributed by atoms with E-state index >= 15 is 0 Å². The molecule has 1 aliphatic heterocycles. The highest BCUT2D eigenvalue weighted by atomic mass is 79.9. The fraction of sp³-hybridized carbons (Fsp3) is 0.500. The summed E-state index contributed by atoms with van der Waals surface area (Å²) in [5, 5.41) is 9.07. The molecule has 1 saturated heterocycles. The molecule has 5 heteroatoms. The van der Waals surface area contributed by atoms with Crippen molar-refractivity contribution in [3.8, 4) is 0 Å². The van der Waals surface area contributed by atoms with Crippen LogP contribution < -0.4 is 0 Å². The van der Waals surface area contributed by atoms with E-state index in [-0.39, 0.29) is 0 Å². The predicted octanol–water partition coefficient (Wildman–Crippen LogP) is 3.10. The number of hydrogen-bond acceptors (Lipinski definition) is 3. The highest BCUT2D eigenvalue weighted by Gasteiger charge is 2.23. The first kappa shape index (κ1) is 11.1. The minimum Gasteiger partial charge on any atom is -0.477 e. The lowest BCUT2D eigenvalue weighted by Gasteiger charge is -2.21. The molecule has 3 nitrogen and oxygen atoms in total. The molecule has 0 unspecified atom stereocenters. The summed E-state index contributed by atoms with van der Waals surface area (Å²) in [5.74, 6) is -0.486. The zero-order valence-electron chi connectivity index (χ0n) is 8.03. The van der Waals surface area contributed by atoms with E-state index in [4.69, 9.17) is 9.84 Å². The number of carboxylic acid groups (broad SMARTS) is 1. The van der Waals surface area contributed by atoms with Gasteiger partial charge >= 0.3 is 5.97 Å². The van der Waals surface area contributed by atoms with E-state index < -0.39 is 5.97 Å². The molecule has 82 valence electrons. The summed E-state index contributed by atoms with van der Waals surface area (Å²) in [6.45, 7) is 1.47. The Labute approximate surface area is 100 Å². The molecule has 0 bridgehead atoms. The average Bonchev–Trinajstić information content (AvgIpc) is 2.62. The molecule has 0 atom stereocenters. The normalized spacial score (nSPS) is 17.9. The Morgan fingerprint density at radius 1 is 1.53 bits per heavy atom. The largest absolute Gasteiger partial charge is 0.477 e. The summed E-state index contributed by atoms with van der Waals surface area (Å²) in [4.78, 5) is 11.5. The molecule has 1 aromatic rings. The number of aromatic carboxylic acids is 1. The van der Waals surface area contributed by atoms with Crippen LogP contribution in [0.2, 0.25) is 0 Å². The molecule has 2 rings (SSSR count). The molecule has 1 fully saturated rings. The van der Waals surface area contributed by atoms with Crippen molar-refractivity contribution in [2.45, 2.75) is 18.8 Å². The minimum absolute atomic E-state index is 0.340. The predicted molar refractivity (Wildman–Crippen MR) is 61.8 cm³/mol. The summed E-state index contributed by atoms with van der Waals surface area (Å²) in [6.07, 6.45) is 1.84. The first-order valence-electron chi connectivity index (χ1n) is 4.78. The van der Waals surface area contributed by atoms with Gasteiger partial charge in [-0.05, 0) is 46.3 Å². The molecule has 1 aliphatic rings. The molecular weight excluding hydrogens is 280 g/mol. The van der Waals surface area contributed by atoms with E-state index in [9.17, 15) is 4.79 Å². The molecule has 0 aromatic carbocycles. The van der Waals surface area contributed by atoms with Crippen molar-refractivity contribution in [1.29, 1.82) is 0 Å². The summed E-state index contributed by atoms with van der Waals surface area (Å²) in [5.41, 5.74) is 0.961. The van der Waals surface area contributed by atoms with Crippen LogP contribution in [0.4, 0.5) is 0 Å². The number of ether oxygens (including phenoxy) is 1. The number of thiophene rings is 1. The van der Waals surface area contributed by atoms with E-state index in [1.807, 2.05) is 6.07 Å². The van der Waals surface area contributed by atoms with Crippen molar-refractivity contribution in [2.75, 3.05) is 13.2 Å². The van der Waals surface area contributed by atoms with Gasteiger partial charge in [-0.1, -0.05) is 0 Å². The number of carboxylic acids is 1. The zero-order chi connectivity index (χ0) is 10.8. The Kier molecular flexibility index (Phi) is 3.43. The van der Waals surface area contributed by atoms with Gasteiger partial charge in [-0.3, -0.25) is 0 Å². The molecule has 0 spiro atoms. The van der Waals surface area contributed by atoms with Crippen LogP contribution in [0.25, 0.3) is 0 Å². The Morgan fingerprint density at radius 3 is 2.80 bits per heavy atom. The summed E-state index contributed by atoms with van der Waals surface area (Å²) < 4.78 is 6.16. The fourth-order valence-electron chi connectivity index (χ4n) is 1.85. The Balaban J connectivity index is 2.28. The molecule has 2 heterocycles. The lowest BCUT2D eigenvalue weighted by molar-refractivity contribution is 0.0691. The van der Waals surface area contributed by atoms with Gasteiger partial charge < -0.3 is 9.84 Å². The van der Waals surface area contributed by atoms with Crippen LogP contribution in [-0.4, -0.2) is 24.3 Å². The SMILES string of the molecule is O=C(O)c1sc(Br)cc1C1CCOCC1. The second-order valence-corrected chi connectivity index (χ2v) is 5.96. The third kappa shape index (κ3) is 2.41. The van der Waals surface area contributed by atoms with Crippen molar-refractivity contribution in [2.24, 2.45) is 0 Å². The maximum Gasteiger partial charge on any atom is 0.346 e. The molecule has 0 radical (unpaired) electrons. The Hall–Kier alpha value is -0.390. The van der Waals surface area contributed by atoms with Crippen LogP contribution in [-0.2, 0) is 4.74 Å². The van der Waals surface area contributed by atoms with Gasteiger partial charge in [0.15, 0.2) is 0 Å². The summed E-state index contributed by atoms with van der Waals surface area (Å²) >= 11 is 4.63. The standard InChI is InChI=1S/C10H11BrO3S/c11-8-5-7(9(15-8)10(12)13)6-1-3-14-4-2-6/h5-6H,1-4H2,(H,12,13). The van der Waals surface area contributed by atoms with Gasteiger partial charge in [0.25, 0.3) is 0 Å². The van der Waals surface area contributed by atoms with Crippen LogP contribution in [0.15, 0.2) is 9.85 Å². The number of rotatable bonds is 2. The number of hydrogen-bond donors (Lipinski definition) is 1. The second kappa shape index (κ2) is 4.63. The van der Waals surface area contributed by atoms with Crippen LogP contribution in [0, 0.1) is 0 Å². The quantitative estimate of drug-likeness (QED) is 0.910. The van der Waals surface area contributed by atoms with E-state index in [1.54, 1.807) is 0 Å². The zero-order valence-corrected chi connectivity index (χ0v) is 10.4. The van der Waals surface area contributed by atoms with Gasteiger partial charge in [0.2, 0.25) is 0 Å². The van der Waals surface area contributed by atoms with Gasteiger partial charge in [0, 0.05) is 13.2 Å². The molecule has 0 saturated carbocycles. The van der Waals surface area contributed by atoms with E-state index in [2.05, 4.69) is 15.9 Å². The van der Waals surface area contributed by atoms with Crippen molar-refractivity contribution >= 4 is 33.2 Å².